The number of anilines is 1. The van der Waals surface area contributed by atoms with E-state index in [0.717, 1.165) is 10.9 Å². The van der Waals surface area contributed by atoms with Gasteiger partial charge in [0.1, 0.15) is 17.2 Å². The molecule has 0 spiro atoms. The molecule has 0 fully saturated rings. The zero-order valence-corrected chi connectivity index (χ0v) is 17.7. The Bertz CT molecular complexity index is 1400. The van der Waals surface area contributed by atoms with E-state index in [0.29, 0.717) is 11.4 Å². The van der Waals surface area contributed by atoms with E-state index in [1.165, 1.54) is 17.0 Å². The lowest BCUT2D eigenvalue weighted by Crippen LogP contribution is -2.19. The maximum Gasteiger partial charge on any atom is 0.343 e. The van der Waals surface area contributed by atoms with Gasteiger partial charge in [0.15, 0.2) is 11.6 Å². The van der Waals surface area contributed by atoms with Crippen molar-refractivity contribution in [3.63, 3.8) is 0 Å². The molecule has 0 saturated carbocycles. The minimum atomic E-state index is -0.686. The maximum absolute atomic E-state index is 13.0. The van der Waals surface area contributed by atoms with E-state index in [4.69, 9.17) is 4.74 Å². The number of nitriles is 1. The Hall–Kier alpha value is -4.77. The number of esters is 1. The molecule has 2 aromatic heterocycles. The molecule has 1 N–H and O–H groups in total. The lowest BCUT2D eigenvalue weighted by atomic mass is 10.1. The predicted octanol–water partition coefficient (Wildman–Crippen LogP) is 4.14. The number of benzene rings is 2. The van der Waals surface area contributed by atoms with E-state index in [1.54, 1.807) is 37.3 Å². The number of fused-ring (bicyclic) bond motifs is 1. The first-order valence-corrected chi connectivity index (χ1v) is 10.2. The molecule has 1 amide bonds. The van der Waals surface area contributed by atoms with Gasteiger partial charge in [-0.25, -0.2) is 9.78 Å². The summed E-state index contributed by atoms with van der Waals surface area (Å²) in [5.74, 6) is -0.875. The highest BCUT2D eigenvalue weighted by atomic mass is 16.5. The first kappa shape index (κ1) is 21.5. The van der Waals surface area contributed by atoms with E-state index in [2.05, 4.69) is 15.4 Å². The first-order chi connectivity index (χ1) is 16.1. The van der Waals surface area contributed by atoms with Crippen LogP contribution in [0.15, 0.2) is 78.5 Å². The van der Waals surface area contributed by atoms with E-state index < -0.39 is 11.9 Å². The van der Waals surface area contributed by atoms with Gasteiger partial charge in [-0.1, -0.05) is 48.5 Å². The Morgan fingerprint density at radius 1 is 1.09 bits per heavy atom. The van der Waals surface area contributed by atoms with Crippen molar-refractivity contribution in [1.82, 2.24) is 14.8 Å². The van der Waals surface area contributed by atoms with Crippen LogP contribution in [0.3, 0.4) is 0 Å². The van der Waals surface area contributed by atoms with Crippen molar-refractivity contribution in [2.45, 2.75) is 6.92 Å². The number of para-hydroxylation sites is 1. The second-order valence-electron chi connectivity index (χ2n) is 6.94. The number of hydrogen-bond donors (Lipinski definition) is 1. The standard InChI is InChI=1S/C25H19N5O3/c1-2-33-25(32)20-16-27-30(22-13-12-18-10-6-7-11-21(18)28-22)23(20)29-24(31)19(15-26)14-17-8-4-3-5-9-17/h3-14,16H,2H2,1H3,(H,29,31)/b19-14+. The van der Waals surface area contributed by atoms with E-state index in [1.807, 2.05) is 42.5 Å². The van der Waals surface area contributed by atoms with Gasteiger partial charge in [-0.15, -0.1) is 0 Å². The van der Waals surface area contributed by atoms with Crippen LogP contribution in [-0.2, 0) is 9.53 Å². The van der Waals surface area contributed by atoms with E-state index in [9.17, 15) is 14.9 Å². The van der Waals surface area contributed by atoms with E-state index >= 15 is 0 Å². The van der Waals surface area contributed by atoms with Crippen molar-refractivity contribution in [3.05, 3.63) is 89.6 Å². The van der Waals surface area contributed by atoms with Crippen LogP contribution in [0.1, 0.15) is 22.8 Å². The lowest BCUT2D eigenvalue weighted by molar-refractivity contribution is -0.112. The molecular formula is C25H19N5O3. The third-order valence-electron chi connectivity index (χ3n) is 4.77. The Morgan fingerprint density at radius 2 is 1.85 bits per heavy atom. The van der Waals surface area contributed by atoms with Crippen LogP contribution in [-0.4, -0.2) is 33.2 Å². The molecule has 2 heterocycles. The van der Waals surface area contributed by atoms with Crippen LogP contribution in [0, 0.1) is 11.3 Å². The van der Waals surface area contributed by atoms with Crippen LogP contribution in [0.2, 0.25) is 0 Å². The lowest BCUT2D eigenvalue weighted by Gasteiger charge is -2.11. The number of rotatable bonds is 6. The molecular weight excluding hydrogens is 418 g/mol. The number of carbonyl (C=O) groups excluding carboxylic acids is 2. The van der Waals surface area contributed by atoms with Crippen LogP contribution in [0.5, 0.6) is 0 Å². The van der Waals surface area contributed by atoms with Crippen molar-refractivity contribution in [2.24, 2.45) is 0 Å². The van der Waals surface area contributed by atoms with Gasteiger partial charge in [-0.2, -0.15) is 15.0 Å². The van der Waals surface area contributed by atoms with Crippen molar-refractivity contribution < 1.29 is 14.3 Å². The van der Waals surface area contributed by atoms with Crippen molar-refractivity contribution in [2.75, 3.05) is 11.9 Å². The topological polar surface area (TPSA) is 110 Å². The van der Waals surface area contributed by atoms with Gasteiger partial charge in [0, 0.05) is 5.39 Å². The number of aromatic nitrogens is 3. The van der Waals surface area contributed by atoms with Crippen LogP contribution < -0.4 is 5.32 Å². The number of nitrogens with zero attached hydrogens (tertiary/aromatic N) is 4. The molecule has 0 unspecified atom stereocenters. The summed E-state index contributed by atoms with van der Waals surface area (Å²) in [7, 11) is 0. The molecule has 4 aromatic rings. The Balaban J connectivity index is 1.75. The fourth-order valence-corrected chi connectivity index (χ4v) is 3.21. The van der Waals surface area contributed by atoms with Crippen molar-refractivity contribution >= 4 is 34.7 Å². The first-order valence-electron chi connectivity index (χ1n) is 10.2. The largest absolute Gasteiger partial charge is 0.462 e. The molecule has 2 aromatic carbocycles. The molecule has 0 aliphatic heterocycles. The normalized spacial score (nSPS) is 11.1. The summed E-state index contributed by atoms with van der Waals surface area (Å²) in [5, 5.41) is 17.4. The second kappa shape index (κ2) is 9.58. The van der Waals surface area contributed by atoms with Gasteiger partial charge in [0.2, 0.25) is 0 Å². The zero-order chi connectivity index (χ0) is 23.2. The average molecular weight is 437 g/mol. The molecule has 0 atom stereocenters. The van der Waals surface area contributed by atoms with Gasteiger partial charge in [-0.3, -0.25) is 4.79 Å². The van der Waals surface area contributed by atoms with Crippen molar-refractivity contribution in [3.8, 4) is 11.9 Å². The fraction of sp³-hybridized carbons (Fsp3) is 0.0800. The fourth-order valence-electron chi connectivity index (χ4n) is 3.21. The van der Waals surface area contributed by atoms with Gasteiger partial charge in [0.25, 0.3) is 5.91 Å². The summed E-state index contributed by atoms with van der Waals surface area (Å²) < 4.78 is 6.45. The smallest absolute Gasteiger partial charge is 0.343 e. The SMILES string of the molecule is CCOC(=O)c1cnn(-c2ccc3ccccc3n2)c1NC(=O)/C(C#N)=C/c1ccccc1. The molecule has 8 nitrogen and oxygen atoms in total. The third-order valence-corrected chi connectivity index (χ3v) is 4.77. The van der Waals surface area contributed by atoms with Gasteiger partial charge in [0.05, 0.1) is 18.3 Å². The van der Waals surface area contributed by atoms with Crippen LogP contribution in [0.4, 0.5) is 5.82 Å². The molecule has 0 aliphatic rings. The quantitative estimate of drug-likeness (QED) is 0.276. The number of pyridine rings is 1. The number of hydrogen-bond acceptors (Lipinski definition) is 6. The predicted molar refractivity (Wildman–Crippen MR) is 123 cm³/mol. The molecule has 33 heavy (non-hydrogen) atoms. The van der Waals surface area contributed by atoms with Gasteiger partial charge < -0.3 is 10.1 Å². The summed E-state index contributed by atoms with van der Waals surface area (Å²) in [6, 6.07) is 22.0. The average Bonchev–Trinajstić information content (AvgIpc) is 3.26. The summed E-state index contributed by atoms with van der Waals surface area (Å²) in [5.41, 5.74) is 1.34. The second-order valence-corrected chi connectivity index (χ2v) is 6.94. The summed E-state index contributed by atoms with van der Waals surface area (Å²) in [4.78, 5) is 30.0. The zero-order valence-electron chi connectivity index (χ0n) is 17.7. The molecule has 8 heteroatoms. The van der Waals surface area contributed by atoms with Crippen molar-refractivity contribution in [1.29, 1.82) is 5.26 Å². The molecule has 0 aliphatic carbocycles. The van der Waals surface area contributed by atoms with Gasteiger partial charge in [-0.05, 0) is 36.8 Å². The number of carbonyl (C=O) groups is 2. The molecule has 4 rings (SSSR count). The molecule has 162 valence electrons. The van der Waals surface area contributed by atoms with E-state index in [-0.39, 0.29) is 23.6 Å². The minimum Gasteiger partial charge on any atom is -0.462 e. The molecule has 0 bridgehead atoms. The highest BCUT2D eigenvalue weighted by Gasteiger charge is 2.23. The maximum atomic E-state index is 13.0. The highest BCUT2D eigenvalue weighted by Crippen LogP contribution is 2.23. The monoisotopic (exact) mass is 437 g/mol. The summed E-state index contributed by atoms with van der Waals surface area (Å²) >= 11 is 0. The van der Waals surface area contributed by atoms with Crippen LogP contribution >= 0.6 is 0 Å². The number of ether oxygens (including phenoxy) is 1. The number of amides is 1. The minimum absolute atomic E-state index is 0.0529. The number of nitrogens with one attached hydrogen (secondary N) is 1. The Morgan fingerprint density at radius 3 is 2.61 bits per heavy atom. The Kier molecular flexibility index (Phi) is 6.23. The Labute approximate surface area is 189 Å². The highest BCUT2D eigenvalue weighted by molar-refractivity contribution is 6.11. The molecule has 0 saturated heterocycles. The third kappa shape index (κ3) is 4.62. The summed E-state index contributed by atoms with van der Waals surface area (Å²) in [6.07, 6.45) is 2.77. The summed E-state index contributed by atoms with van der Waals surface area (Å²) in [6.45, 7) is 1.84. The molecule has 0 radical (unpaired) electrons. The van der Waals surface area contributed by atoms with Gasteiger partial charge >= 0.3 is 5.97 Å². The van der Waals surface area contributed by atoms with Crippen LogP contribution in [0.25, 0.3) is 22.8 Å².